The van der Waals surface area contributed by atoms with E-state index in [0.717, 1.165) is 17.7 Å². The smallest absolute Gasteiger partial charge is 0.326 e. The lowest BCUT2D eigenvalue weighted by atomic mass is 10.1. The second kappa shape index (κ2) is 10.5. The molecule has 0 bridgehead atoms. The third-order valence-electron chi connectivity index (χ3n) is 4.50. The van der Waals surface area contributed by atoms with Gasteiger partial charge >= 0.3 is 6.18 Å². The molecule has 0 aliphatic heterocycles. The van der Waals surface area contributed by atoms with E-state index in [-0.39, 0.29) is 17.2 Å². The molecular formula is C25H20F3N3O3. The standard InChI is InChI=1S/C25H20F3N3O3/c1-16(32)29-20-11-8-17(9-12-20)10-13-23(33)30-21-6-2-4-18(14-21)24(34)31-22-7-3-5-19(15-22)25(26,27)28/h2-15H,1H3,(H,29,32)(H,30,33)(H,31,34)/b13-10+. The summed E-state index contributed by atoms with van der Waals surface area (Å²) >= 11 is 0. The summed E-state index contributed by atoms with van der Waals surface area (Å²) in [5.74, 6) is -1.25. The Hall–Kier alpha value is -4.40. The van der Waals surface area contributed by atoms with Crippen LogP contribution in [0.4, 0.5) is 30.2 Å². The van der Waals surface area contributed by atoms with Crippen molar-refractivity contribution in [1.82, 2.24) is 0 Å². The summed E-state index contributed by atoms with van der Waals surface area (Å²) in [6, 6.07) is 17.2. The molecule has 0 aliphatic rings. The van der Waals surface area contributed by atoms with Crippen LogP contribution >= 0.6 is 0 Å². The molecule has 3 rings (SSSR count). The van der Waals surface area contributed by atoms with Crippen molar-refractivity contribution >= 4 is 40.9 Å². The highest BCUT2D eigenvalue weighted by Gasteiger charge is 2.30. The number of halogens is 3. The summed E-state index contributed by atoms with van der Waals surface area (Å²) in [7, 11) is 0. The summed E-state index contributed by atoms with van der Waals surface area (Å²) in [5, 5.41) is 7.69. The summed E-state index contributed by atoms with van der Waals surface area (Å²) < 4.78 is 38.6. The first-order valence-electron chi connectivity index (χ1n) is 10.1. The van der Waals surface area contributed by atoms with E-state index in [1.807, 2.05) is 0 Å². The SMILES string of the molecule is CC(=O)Nc1ccc(/C=C/C(=O)Nc2cccc(C(=O)Nc3cccc(C(F)(F)F)c3)c2)cc1. The van der Waals surface area contributed by atoms with Gasteiger partial charge in [-0.15, -0.1) is 0 Å². The van der Waals surface area contributed by atoms with Crippen LogP contribution in [0.5, 0.6) is 0 Å². The zero-order valence-corrected chi connectivity index (χ0v) is 17.9. The number of benzene rings is 3. The summed E-state index contributed by atoms with van der Waals surface area (Å²) in [4.78, 5) is 35.8. The van der Waals surface area contributed by atoms with Crippen LogP contribution < -0.4 is 16.0 Å². The average molecular weight is 467 g/mol. The molecule has 0 spiro atoms. The van der Waals surface area contributed by atoms with Gasteiger partial charge in [0, 0.05) is 35.6 Å². The van der Waals surface area contributed by atoms with Gasteiger partial charge in [0.05, 0.1) is 5.56 Å². The van der Waals surface area contributed by atoms with Crippen molar-refractivity contribution in [1.29, 1.82) is 0 Å². The molecule has 0 aromatic heterocycles. The number of rotatable bonds is 6. The highest BCUT2D eigenvalue weighted by molar-refractivity contribution is 6.06. The molecule has 0 aliphatic carbocycles. The first-order valence-corrected chi connectivity index (χ1v) is 10.1. The molecule has 0 saturated carbocycles. The minimum atomic E-state index is -4.52. The Bertz CT molecular complexity index is 1240. The monoisotopic (exact) mass is 467 g/mol. The molecule has 3 N–H and O–H groups in total. The van der Waals surface area contributed by atoms with Crippen molar-refractivity contribution in [2.24, 2.45) is 0 Å². The number of nitrogens with one attached hydrogen (secondary N) is 3. The molecule has 0 saturated heterocycles. The van der Waals surface area contributed by atoms with E-state index in [9.17, 15) is 27.6 Å². The van der Waals surface area contributed by atoms with Crippen molar-refractivity contribution in [2.45, 2.75) is 13.1 Å². The van der Waals surface area contributed by atoms with Gasteiger partial charge in [-0.25, -0.2) is 0 Å². The predicted molar refractivity (Wildman–Crippen MR) is 124 cm³/mol. The van der Waals surface area contributed by atoms with E-state index in [1.54, 1.807) is 42.5 Å². The molecule has 34 heavy (non-hydrogen) atoms. The minimum absolute atomic E-state index is 0.00159. The summed E-state index contributed by atoms with van der Waals surface area (Å²) in [6.07, 6.45) is -1.63. The highest BCUT2D eigenvalue weighted by Crippen LogP contribution is 2.30. The first-order chi connectivity index (χ1) is 16.1. The van der Waals surface area contributed by atoms with E-state index in [2.05, 4.69) is 16.0 Å². The molecule has 6 nitrogen and oxygen atoms in total. The number of anilines is 3. The normalized spacial score (nSPS) is 11.2. The maximum absolute atomic E-state index is 12.9. The van der Waals surface area contributed by atoms with Crippen molar-refractivity contribution in [3.63, 3.8) is 0 Å². The van der Waals surface area contributed by atoms with Crippen molar-refractivity contribution < 1.29 is 27.6 Å². The third kappa shape index (κ3) is 7.06. The van der Waals surface area contributed by atoms with Gasteiger partial charge in [-0.2, -0.15) is 13.2 Å². The molecule has 0 unspecified atom stereocenters. The molecule has 9 heteroatoms. The Morgan fingerprint density at radius 2 is 1.41 bits per heavy atom. The number of hydrogen-bond donors (Lipinski definition) is 3. The van der Waals surface area contributed by atoms with E-state index in [0.29, 0.717) is 11.4 Å². The zero-order valence-electron chi connectivity index (χ0n) is 17.9. The topological polar surface area (TPSA) is 87.3 Å². The Morgan fingerprint density at radius 3 is 2.06 bits per heavy atom. The molecule has 3 aromatic carbocycles. The third-order valence-corrected chi connectivity index (χ3v) is 4.50. The van der Waals surface area contributed by atoms with Gasteiger partial charge in [-0.05, 0) is 60.2 Å². The van der Waals surface area contributed by atoms with Crippen molar-refractivity contribution in [3.05, 3.63) is 95.6 Å². The van der Waals surface area contributed by atoms with Gasteiger partial charge in [-0.3, -0.25) is 14.4 Å². The predicted octanol–water partition coefficient (Wildman–Crippen LogP) is 5.57. The van der Waals surface area contributed by atoms with Gasteiger partial charge in [-0.1, -0.05) is 24.3 Å². The number of amides is 3. The van der Waals surface area contributed by atoms with E-state index in [4.69, 9.17) is 0 Å². The number of carbonyl (C=O) groups is 3. The fourth-order valence-corrected chi connectivity index (χ4v) is 2.95. The van der Waals surface area contributed by atoms with Crippen LogP contribution in [0.25, 0.3) is 6.08 Å². The van der Waals surface area contributed by atoms with Crippen molar-refractivity contribution in [3.8, 4) is 0 Å². The second-order valence-electron chi connectivity index (χ2n) is 7.24. The lowest BCUT2D eigenvalue weighted by Crippen LogP contribution is -2.14. The van der Waals surface area contributed by atoms with Crippen LogP contribution in [-0.2, 0) is 15.8 Å². The largest absolute Gasteiger partial charge is 0.416 e. The Morgan fingerprint density at radius 1 is 0.765 bits per heavy atom. The molecule has 0 radical (unpaired) electrons. The van der Waals surface area contributed by atoms with Crippen LogP contribution in [0.2, 0.25) is 0 Å². The van der Waals surface area contributed by atoms with Crippen LogP contribution in [0.1, 0.15) is 28.4 Å². The van der Waals surface area contributed by atoms with Crippen LogP contribution in [0.3, 0.4) is 0 Å². The molecule has 0 fully saturated rings. The molecule has 0 heterocycles. The number of alkyl halides is 3. The maximum atomic E-state index is 12.9. The van der Waals surface area contributed by atoms with Crippen LogP contribution in [0, 0.1) is 0 Å². The van der Waals surface area contributed by atoms with Gasteiger partial charge in [0.15, 0.2) is 0 Å². The van der Waals surface area contributed by atoms with E-state index in [1.165, 1.54) is 37.3 Å². The molecular weight excluding hydrogens is 447 g/mol. The second-order valence-corrected chi connectivity index (χ2v) is 7.24. The summed E-state index contributed by atoms with van der Waals surface area (Å²) in [6.45, 7) is 1.40. The van der Waals surface area contributed by atoms with Crippen LogP contribution in [-0.4, -0.2) is 17.7 Å². The van der Waals surface area contributed by atoms with Gasteiger partial charge in [0.2, 0.25) is 11.8 Å². The minimum Gasteiger partial charge on any atom is -0.326 e. The number of hydrogen-bond acceptors (Lipinski definition) is 3. The lowest BCUT2D eigenvalue weighted by molar-refractivity contribution is -0.137. The van der Waals surface area contributed by atoms with E-state index >= 15 is 0 Å². The highest BCUT2D eigenvalue weighted by atomic mass is 19.4. The number of carbonyl (C=O) groups excluding carboxylic acids is 3. The Kier molecular flexibility index (Phi) is 7.47. The Labute approximate surface area is 193 Å². The first kappa shape index (κ1) is 24.2. The zero-order chi connectivity index (χ0) is 24.7. The maximum Gasteiger partial charge on any atom is 0.416 e. The fourth-order valence-electron chi connectivity index (χ4n) is 2.95. The molecule has 3 amide bonds. The van der Waals surface area contributed by atoms with Crippen molar-refractivity contribution in [2.75, 3.05) is 16.0 Å². The van der Waals surface area contributed by atoms with E-state index < -0.39 is 23.6 Å². The van der Waals surface area contributed by atoms with Gasteiger partial charge in [0.25, 0.3) is 5.91 Å². The summed E-state index contributed by atoms with van der Waals surface area (Å²) in [5.41, 5.74) is 0.998. The lowest BCUT2D eigenvalue weighted by Gasteiger charge is -2.10. The molecule has 0 atom stereocenters. The molecule has 3 aromatic rings. The van der Waals surface area contributed by atoms with Gasteiger partial charge in [0.1, 0.15) is 0 Å². The molecule has 174 valence electrons. The Balaban J connectivity index is 1.62. The quantitative estimate of drug-likeness (QED) is 0.415. The van der Waals surface area contributed by atoms with Crippen LogP contribution in [0.15, 0.2) is 78.9 Å². The fraction of sp³-hybridized carbons (Fsp3) is 0.0800. The van der Waals surface area contributed by atoms with Gasteiger partial charge < -0.3 is 16.0 Å². The average Bonchev–Trinajstić information content (AvgIpc) is 2.78.